The quantitative estimate of drug-likeness (QED) is 0.128. The Morgan fingerprint density at radius 2 is 1.88 bits per heavy atom. The molecule has 1 aliphatic carbocycles. The number of benzene rings is 1. The normalized spacial score (nSPS) is 20.0. The first-order chi connectivity index (χ1) is 18.5. The van der Waals surface area contributed by atoms with Crippen molar-refractivity contribution in [3.8, 4) is 0 Å². The van der Waals surface area contributed by atoms with Crippen LogP contribution < -0.4 is 45.5 Å². The molecule has 4 atom stereocenters. The molecule has 40 heavy (non-hydrogen) atoms. The van der Waals surface area contributed by atoms with Crippen LogP contribution in [0.4, 0.5) is 4.79 Å². The van der Waals surface area contributed by atoms with Gasteiger partial charge in [0.15, 0.2) is 5.44 Å². The van der Waals surface area contributed by atoms with Gasteiger partial charge in [0.2, 0.25) is 11.8 Å². The Morgan fingerprint density at radius 3 is 2.50 bits per heavy atom. The number of alkyl carbamates (subject to hydrolysis) is 1. The molecule has 14 heteroatoms. The minimum absolute atomic E-state index is 0. The molecule has 3 rings (SSSR count). The maximum Gasteiger partial charge on any atom is 1.00 e. The summed E-state index contributed by atoms with van der Waals surface area (Å²) >= 11 is 5.99. The fraction of sp³-hybridized carbons (Fsp3) is 0.654. The number of ether oxygens (including phenoxy) is 1. The van der Waals surface area contributed by atoms with Gasteiger partial charge in [0, 0.05) is 17.5 Å². The number of hydrogen-bond acceptors (Lipinski definition) is 8. The summed E-state index contributed by atoms with van der Waals surface area (Å²) < 4.78 is 40.0. The van der Waals surface area contributed by atoms with Gasteiger partial charge < -0.3 is 30.3 Å². The number of halogens is 1. The van der Waals surface area contributed by atoms with Gasteiger partial charge in [-0.2, -0.15) is 0 Å². The first-order valence-electron chi connectivity index (χ1n) is 13.4. The van der Waals surface area contributed by atoms with Crippen LogP contribution in [0.15, 0.2) is 24.3 Å². The van der Waals surface area contributed by atoms with Crippen LogP contribution >= 0.6 is 11.6 Å². The van der Waals surface area contributed by atoms with Crippen molar-refractivity contribution in [1.29, 1.82) is 0 Å². The Kier molecular flexibility index (Phi) is 14.7. The van der Waals surface area contributed by atoms with Crippen LogP contribution in [0.25, 0.3) is 0 Å². The van der Waals surface area contributed by atoms with Gasteiger partial charge in [0.05, 0.1) is 12.6 Å². The van der Waals surface area contributed by atoms with E-state index in [9.17, 15) is 32.5 Å². The van der Waals surface area contributed by atoms with Gasteiger partial charge in [-0.05, 0) is 55.7 Å². The molecule has 1 saturated heterocycles. The van der Waals surface area contributed by atoms with Crippen molar-refractivity contribution >= 4 is 39.6 Å². The summed E-state index contributed by atoms with van der Waals surface area (Å²) in [7, 11) is -5.18. The maximum atomic E-state index is 13.3. The van der Waals surface area contributed by atoms with Crippen LogP contribution in [0.3, 0.4) is 0 Å². The number of carbonyl (C=O) groups is 3. The van der Waals surface area contributed by atoms with E-state index in [4.69, 9.17) is 16.3 Å². The topological polar surface area (TPSA) is 174 Å². The summed E-state index contributed by atoms with van der Waals surface area (Å²) in [6.07, 6.45) is 5.65. The van der Waals surface area contributed by atoms with Crippen molar-refractivity contribution in [2.75, 3.05) is 13.2 Å². The third-order valence-electron chi connectivity index (χ3n) is 7.30. The van der Waals surface area contributed by atoms with Gasteiger partial charge in [0.25, 0.3) is 0 Å². The molecule has 1 aromatic rings. The van der Waals surface area contributed by atoms with E-state index < -0.39 is 45.6 Å². The molecule has 11 nitrogen and oxygen atoms in total. The minimum Gasteiger partial charge on any atom is -0.746 e. The second kappa shape index (κ2) is 16.9. The summed E-state index contributed by atoms with van der Waals surface area (Å²) in [5.41, 5.74) is -1.45. The van der Waals surface area contributed by atoms with E-state index in [0.29, 0.717) is 37.3 Å². The SMILES string of the molecule is O=C(N[C@@H](CC1CCCCC1)C(=O)N[C@@H](C[C@@H]1CCNC1=O)C(O)S(=O)(=O)[O-])OCCCc1cccc(Cl)c1.[Na+]. The van der Waals surface area contributed by atoms with E-state index in [1.807, 2.05) is 18.2 Å². The molecule has 3 amide bonds. The number of carbonyl (C=O) groups excluding carboxylic acids is 3. The first-order valence-corrected chi connectivity index (χ1v) is 15.3. The zero-order chi connectivity index (χ0) is 28.4. The van der Waals surface area contributed by atoms with Crippen molar-refractivity contribution in [1.82, 2.24) is 16.0 Å². The average Bonchev–Trinajstić information content (AvgIpc) is 3.29. The van der Waals surface area contributed by atoms with Gasteiger partial charge in [-0.15, -0.1) is 0 Å². The van der Waals surface area contributed by atoms with E-state index in [-0.39, 0.29) is 54.4 Å². The summed E-state index contributed by atoms with van der Waals surface area (Å²) in [6.45, 7) is 0.474. The molecule has 2 aliphatic rings. The van der Waals surface area contributed by atoms with Crippen molar-refractivity contribution < 1.29 is 66.8 Å². The van der Waals surface area contributed by atoms with Gasteiger partial charge in [-0.25, -0.2) is 13.2 Å². The molecular formula is C26H37ClN3NaO8S. The van der Waals surface area contributed by atoms with Gasteiger partial charge in [-0.3, -0.25) is 9.59 Å². The van der Waals surface area contributed by atoms with E-state index in [1.165, 1.54) is 0 Å². The molecule has 218 valence electrons. The number of nitrogens with one attached hydrogen (secondary N) is 3. The molecular weight excluding hydrogens is 573 g/mol. The van der Waals surface area contributed by atoms with E-state index in [0.717, 1.165) is 37.7 Å². The minimum atomic E-state index is -5.18. The van der Waals surface area contributed by atoms with Gasteiger partial charge in [0.1, 0.15) is 16.2 Å². The summed E-state index contributed by atoms with van der Waals surface area (Å²) in [4.78, 5) is 37.9. The maximum absolute atomic E-state index is 13.3. The van der Waals surface area contributed by atoms with Crippen molar-refractivity contribution in [2.24, 2.45) is 11.8 Å². The van der Waals surface area contributed by atoms with E-state index in [2.05, 4.69) is 16.0 Å². The smallest absolute Gasteiger partial charge is 0.746 e. The van der Waals surface area contributed by atoms with Crippen molar-refractivity contribution in [2.45, 2.75) is 81.7 Å². The zero-order valence-corrected chi connectivity index (χ0v) is 26.3. The fourth-order valence-electron chi connectivity index (χ4n) is 5.21. The number of amides is 3. The first kappa shape index (κ1) is 34.8. The Labute approximate surface area is 262 Å². The molecule has 2 fully saturated rings. The predicted molar refractivity (Wildman–Crippen MR) is 143 cm³/mol. The number of aryl methyl sites for hydroxylation is 1. The van der Waals surface area contributed by atoms with Crippen LogP contribution in [0, 0.1) is 11.8 Å². The fourth-order valence-corrected chi connectivity index (χ4v) is 6.01. The molecule has 1 unspecified atom stereocenters. The third-order valence-corrected chi connectivity index (χ3v) is 8.46. The van der Waals surface area contributed by atoms with Crippen LogP contribution in [-0.2, 0) is 30.9 Å². The molecule has 1 aliphatic heterocycles. The second-order valence-corrected chi connectivity index (χ2v) is 12.2. The Bertz CT molecular complexity index is 1100. The van der Waals surface area contributed by atoms with Gasteiger partial charge >= 0.3 is 35.7 Å². The Hall–Kier alpha value is -1.41. The largest absolute Gasteiger partial charge is 1.00 e. The number of aliphatic hydroxyl groups excluding tert-OH is 1. The van der Waals surface area contributed by atoms with Crippen LogP contribution in [0.1, 0.15) is 63.4 Å². The molecule has 0 aromatic heterocycles. The van der Waals surface area contributed by atoms with Crippen LogP contribution in [0.5, 0.6) is 0 Å². The number of aliphatic hydroxyl groups is 1. The van der Waals surface area contributed by atoms with Crippen molar-refractivity contribution in [3.63, 3.8) is 0 Å². The summed E-state index contributed by atoms with van der Waals surface area (Å²) in [5, 5.41) is 18.4. The summed E-state index contributed by atoms with van der Waals surface area (Å²) in [5.74, 6) is -1.60. The standard InChI is InChI=1S/C26H38ClN3O8S.Na/c27-20-10-4-8-17(14-20)9-5-13-38-26(34)30-21(15-18-6-2-1-3-7-18)24(32)29-22(25(33)39(35,36)37)16-19-11-12-28-23(19)31;/h4,8,10,14,18-19,21-22,25,33H,1-3,5-7,9,11-13,15-16H2,(H,28,31)(H,29,32)(H,30,34)(H,35,36,37);/q;+1/p-1/t19-,21-,22-,25?;/m0./s1. The second-order valence-electron chi connectivity index (χ2n) is 10.3. The molecule has 4 N–H and O–H groups in total. The predicted octanol–water partition coefficient (Wildman–Crippen LogP) is -0.784. The van der Waals surface area contributed by atoms with Crippen LogP contribution in [0.2, 0.25) is 5.02 Å². The van der Waals surface area contributed by atoms with Gasteiger partial charge in [-0.1, -0.05) is 55.8 Å². The molecule has 0 radical (unpaired) electrons. The Balaban J connectivity index is 0.00000560. The van der Waals surface area contributed by atoms with E-state index >= 15 is 0 Å². The monoisotopic (exact) mass is 609 g/mol. The van der Waals surface area contributed by atoms with E-state index in [1.54, 1.807) is 6.07 Å². The molecule has 0 bridgehead atoms. The summed E-state index contributed by atoms with van der Waals surface area (Å²) in [6, 6.07) is 4.76. The molecule has 0 spiro atoms. The molecule has 1 saturated carbocycles. The Morgan fingerprint density at radius 1 is 1.15 bits per heavy atom. The molecule has 1 heterocycles. The van der Waals surface area contributed by atoms with Crippen molar-refractivity contribution in [3.05, 3.63) is 34.9 Å². The molecule has 1 aromatic carbocycles. The third kappa shape index (κ3) is 11.5. The van der Waals surface area contributed by atoms with Crippen LogP contribution in [-0.4, -0.2) is 66.7 Å². The zero-order valence-electron chi connectivity index (χ0n) is 22.8. The number of rotatable bonds is 13. The average molecular weight is 610 g/mol. The number of hydrogen-bond donors (Lipinski definition) is 4.